The quantitative estimate of drug-likeness (QED) is 0.572. The van der Waals surface area contributed by atoms with Crippen LogP contribution in [0.25, 0.3) is 0 Å². The molecule has 0 aromatic rings. The third kappa shape index (κ3) is 4.81. The molecule has 0 bridgehead atoms. The van der Waals surface area contributed by atoms with Gasteiger partial charge in [0.25, 0.3) is 0 Å². The number of rotatable bonds is 6. The Morgan fingerprint density at radius 1 is 1.31 bits per heavy atom. The summed E-state index contributed by atoms with van der Waals surface area (Å²) in [6, 6.07) is 0.214. The van der Waals surface area contributed by atoms with Crippen molar-refractivity contribution in [1.29, 1.82) is 0 Å². The largest absolute Gasteiger partial charge is 0.396 e. The van der Waals surface area contributed by atoms with E-state index >= 15 is 0 Å². The van der Waals surface area contributed by atoms with Gasteiger partial charge in [-0.3, -0.25) is 0 Å². The summed E-state index contributed by atoms with van der Waals surface area (Å²) in [5.74, 6) is 0. The van der Waals surface area contributed by atoms with Crippen molar-refractivity contribution in [2.75, 3.05) is 26.2 Å². The van der Waals surface area contributed by atoms with Gasteiger partial charge in [0.15, 0.2) is 0 Å². The Hall–Kier alpha value is -0.810. The van der Waals surface area contributed by atoms with Gasteiger partial charge in [0.2, 0.25) is 0 Å². The molecular formula is C11H23N3O2. The molecule has 2 amide bonds. The van der Waals surface area contributed by atoms with Crippen molar-refractivity contribution < 1.29 is 9.90 Å². The fourth-order valence-corrected chi connectivity index (χ4v) is 2.02. The Labute approximate surface area is 97.0 Å². The van der Waals surface area contributed by atoms with Crippen LogP contribution in [0.2, 0.25) is 0 Å². The average Bonchev–Trinajstić information content (AvgIpc) is 2.29. The van der Waals surface area contributed by atoms with E-state index in [1.807, 2.05) is 0 Å². The zero-order valence-corrected chi connectivity index (χ0v) is 9.82. The molecule has 4 N–H and O–H groups in total. The van der Waals surface area contributed by atoms with E-state index in [1.165, 1.54) is 0 Å². The summed E-state index contributed by atoms with van der Waals surface area (Å²) in [4.78, 5) is 12.6. The first-order chi connectivity index (χ1) is 7.74. The molecule has 0 aliphatic carbocycles. The van der Waals surface area contributed by atoms with Crippen molar-refractivity contribution in [2.24, 2.45) is 5.73 Å². The van der Waals surface area contributed by atoms with Crippen LogP contribution in [0.3, 0.4) is 0 Å². The van der Waals surface area contributed by atoms with Gasteiger partial charge in [-0.2, -0.15) is 0 Å². The SMILES string of the molecule is NC(=O)N1CCC(NCCCCCO)CC1. The highest BCUT2D eigenvalue weighted by Gasteiger charge is 2.20. The standard InChI is InChI=1S/C11H23N3O2/c12-11(16)14-7-4-10(5-8-14)13-6-2-1-3-9-15/h10,13,15H,1-9H2,(H2,12,16). The van der Waals surface area contributed by atoms with Crippen LogP contribution in [0.4, 0.5) is 4.79 Å². The number of nitrogens with one attached hydrogen (secondary N) is 1. The minimum absolute atomic E-state index is 0.289. The van der Waals surface area contributed by atoms with Gasteiger partial charge in [-0.05, 0) is 38.6 Å². The number of likely N-dealkylation sites (tertiary alicyclic amines) is 1. The number of amides is 2. The van der Waals surface area contributed by atoms with E-state index < -0.39 is 0 Å². The molecule has 0 atom stereocenters. The first-order valence-electron chi connectivity index (χ1n) is 6.12. The fraction of sp³-hybridized carbons (Fsp3) is 0.909. The second-order valence-electron chi connectivity index (χ2n) is 4.34. The first kappa shape index (κ1) is 13.3. The van der Waals surface area contributed by atoms with E-state index in [0.717, 1.165) is 51.7 Å². The molecule has 0 aromatic carbocycles. The summed E-state index contributed by atoms with van der Waals surface area (Å²) >= 11 is 0. The van der Waals surface area contributed by atoms with Crippen molar-refractivity contribution in [3.63, 3.8) is 0 Å². The van der Waals surface area contributed by atoms with Crippen LogP contribution in [-0.2, 0) is 0 Å². The maximum absolute atomic E-state index is 10.9. The lowest BCUT2D eigenvalue weighted by molar-refractivity contribution is 0.185. The summed E-state index contributed by atoms with van der Waals surface area (Å²) < 4.78 is 0. The number of aliphatic hydroxyl groups excluding tert-OH is 1. The van der Waals surface area contributed by atoms with Gasteiger partial charge in [0, 0.05) is 25.7 Å². The van der Waals surface area contributed by atoms with Gasteiger partial charge >= 0.3 is 6.03 Å². The number of primary amides is 1. The van der Waals surface area contributed by atoms with Gasteiger partial charge in [0.05, 0.1) is 0 Å². The molecule has 0 spiro atoms. The van der Waals surface area contributed by atoms with Crippen LogP contribution in [0.5, 0.6) is 0 Å². The van der Waals surface area contributed by atoms with Crippen LogP contribution >= 0.6 is 0 Å². The predicted octanol–water partition coefficient (Wildman–Crippen LogP) is 0.282. The molecule has 1 heterocycles. The molecule has 0 radical (unpaired) electrons. The Balaban J connectivity index is 2.02. The second kappa shape index (κ2) is 7.46. The summed E-state index contributed by atoms with van der Waals surface area (Å²) in [6.45, 7) is 2.82. The summed E-state index contributed by atoms with van der Waals surface area (Å²) in [5.41, 5.74) is 5.21. The zero-order valence-electron chi connectivity index (χ0n) is 9.82. The molecule has 1 aliphatic rings. The average molecular weight is 229 g/mol. The Bertz CT molecular complexity index is 203. The number of hydrogen-bond acceptors (Lipinski definition) is 3. The van der Waals surface area contributed by atoms with E-state index in [1.54, 1.807) is 4.90 Å². The minimum Gasteiger partial charge on any atom is -0.396 e. The molecule has 1 rings (SSSR count). The lowest BCUT2D eigenvalue weighted by Gasteiger charge is -2.31. The predicted molar refractivity (Wildman–Crippen MR) is 63.1 cm³/mol. The van der Waals surface area contributed by atoms with Crippen molar-refractivity contribution in [3.05, 3.63) is 0 Å². The molecule has 0 unspecified atom stereocenters. The molecule has 5 heteroatoms. The number of hydrogen-bond donors (Lipinski definition) is 3. The number of nitrogens with two attached hydrogens (primary N) is 1. The van der Waals surface area contributed by atoms with E-state index in [9.17, 15) is 4.79 Å². The van der Waals surface area contributed by atoms with Crippen LogP contribution in [-0.4, -0.2) is 48.3 Å². The first-order valence-corrected chi connectivity index (χ1v) is 6.12. The van der Waals surface area contributed by atoms with Crippen LogP contribution in [0, 0.1) is 0 Å². The molecule has 1 saturated heterocycles. The number of nitrogens with zero attached hydrogens (tertiary/aromatic N) is 1. The molecule has 0 saturated carbocycles. The maximum Gasteiger partial charge on any atom is 0.314 e. The zero-order chi connectivity index (χ0) is 11.8. The van der Waals surface area contributed by atoms with Gasteiger partial charge in [-0.1, -0.05) is 0 Å². The van der Waals surface area contributed by atoms with Crippen molar-refractivity contribution in [3.8, 4) is 0 Å². The van der Waals surface area contributed by atoms with Crippen LogP contribution in [0.1, 0.15) is 32.1 Å². The number of piperidine rings is 1. The highest BCUT2D eigenvalue weighted by atomic mass is 16.2. The molecule has 16 heavy (non-hydrogen) atoms. The minimum atomic E-state index is -0.304. The molecule has 0 aromatic heterocycles. The van der Waals surface area contributed by atoms with E-state index in [2.05, 4.69) is 5.32 Å². The van der Waals surface area contributed by atoms with Crippen molar-refractivity contribution in [1.82, 2.24) is 10.2 Å². The smallest absolute Gasteiger partial charge is 0.314 e. The third-order valence-corrected chi connectivity index (χ3v) is 3.07. The van der Waals surface area contributed by atoms with Gasteiger partial charge in [-0.25, -0.2) is 4.79 Å². The monoisotopic (exact) mass is 229 g/mol. The molecular weight excluding hydrogens is 206 g/mol. The number of carbonyl (C=O) groups excluding carboxylic acids is 1. The highest BCUT2D eigenvalue weighted by molar-refractivity contribution is 5.72. The number of carbonyl (C=O) groups is 1. The highest BCUT2D eigenvalue weighted by Crippen LogP contribution is 2.09. The van der Waals surface area contributed by atoms with Crippen molar-refractivity contribution in [2.45, 2.75) is 38.1 Å². The van der Waals surface area contributed by atoms with E-state index in [4.69, 9.17) is 10.8 Å². The van der Waals surface area contributed by atoms with Gasteiger partial charge in [0.1, 0.15) is 0 Å². The number of unbranched alkanes of at least 4 members (excludes halogenated alkanes) is 2. The van der Waals surface area contributed by atoms with E-state index in [0.29, 0.717) is 6.04 Å². The van der Waals surface area contributed by atoms with Gasteiger partial charge < -0.3 is 21.1 Å². The second-order valence-corrected chi connectivity index (χ2v) is 4.34. The molecule has 94 valence electrons. The Morgan fingerprint density at radius 3 is 2.56 bits per heavy atom. The van der Waals surface area contributed by atoms with Crippen LogP contribution < -0.4 is 11.1 Å². The summed E-state index contributed by atoms with van der Waals surface area (Å²) in [7, 11) is 0. The Kier molecular flexibility index (Phi) is 6.18. The topological polar surface area (TPSA) is 78.6 Å². The maximum atomic E-state index is 10.9. The van der Waals surface area contributed by atoms with Crippen molar-refractivity contribution >= 4 is 6.03 Å². The Morgan fingerprint density at radius 2 is 2.00 bits per heavy atom. The van der Waals surface area contributed by atoms with E-state index in [-0.39, 0.29) is 12.6 Å². The summed E-state index contributed by atoms with van der Waals surface area (Å²) in [5, 5.41) is 12.1. The molecule has 1 aliphatic heterocycles. The summed E-state index contributed by atoms with van der Waals surface area (Å²) in [6.07, 6.45) is 5.05. The molecule has 5 nitrogen and oxygen atoms in total. The third-order valence-electron chi connectivity index (χ3n) is 3.07. The molecule has 1 fully saturated rings. The fourth-order valence-electron chi connectivity index (χ4n) is 2.02. The number of aliphatic hydroxyl groups is 1. The lowest BCUT2D eigenvalue weighted by Crippen LogP contribution is -2.46. The van der Waals surface area contributed by atoms with Crippen LogP contribution in [0.15, 0.2) is 0 Å². The van der Waals surface area contributed by atoms with Gasteiger partial charge in [-0.15, -0.1) is 0 Å². The lowest BCUT2D eigenvalue weighted by atomic mass is 10.1. The number of urea groups is 1. The normalized spacial score (nSPS) is 17.7.